The number of hydrogen-bond donors (Lipinski definition) is 2. The highest BCUT2D eigenvalue weighted by molar-refractivity contribution is 7.80. The Hall–Kier alpha value is -1.75. The fourth-order valence-electron chi connectivity index (χ4n) is 2.89. The van der Waals surface area contributed by atoms with E-state index in [-0.39, 0.29) is 5.41 Å². The van der Waals surface area contributed by atoms with Crippen molar-refractivity contribution in [3.63, 3.8) is 0 Å². The summed E-state index contributed by atoms with van der Waals surface area (Å²) in [5.74, 6) is 0. The van der Waals surface area contributed by atoms with Crippen molar-refractivity contribution < 1.29 is 9.21 Å². The zero-order chi connectivity index (χ0) is 17.4. The Morgan fingerprint density at radius 3 is 1.96 bits per heavy atom. The van der Waals surface area contributed by atoms with E-state index in [4.69, 9.17) is 4.42 Å². The third-order valence-corrected chi connectivity index (χ3v) is 8.28. The standard InChI is InChI=1S/C20H22O2SSi/c1-20(2,3)15-9-11-17(12-10-15)24(21,16-7-5-4-6-8-16)19-18(23)13-14-22-19/h4-14,21,23H,1-3H3. The summed E-state index contributed by atoms with van der Waals surface area (Å²) >= 11 is 4.49. The van der Waals surface area contributed by atoms with Crippen LogP contribution in [-0.4, -0.2) is 13.1 Å². The summed E-state index contributed by atoms with van der Waals surface area (Å²) in [7, 11) is -3.20. The van der Waals surface area contributed by atoms with Gasteiger partial charge < -0.3 is 9.21 Å². The summed E-state index contributed by atoms with van der Waals surface area (Å²) in [6.07, 6.45) is 1.59. The van der Waals surface area contributed by atoms with Crippen LogP contribution in [0.2, 0.25) is 0 Å². The molecule has 0 spiro atoms. The second kappa shape index (κ2) is 6.28. The van der Waals surface area contributed by atoms with E-state index in [2.05, 4.69) is 45.5 Å². The highest BCUT2D eigenvalue weighted by Gasteiger charge is 2.43. The third kappa shape index (κ3) is 2.97. The molecule has 0 fully saturated rings. The van der Waals surface area contributed by atoms with Gasteiger partial charge >= 0.3 is 8.32 Å². The van der Waals surface area contributed by atoms with Crippen LogP contribution in [0, 0.1) is 0 Å². The quantitative estimate of drug-likeness (QED) is 0.560. The van der Waals surface area contributed by atoms with Gasteiger partial charge in [-0.15, -0.1) is 12.6 Å². The van der Waals surface area contributed by atoms with Crippen LogP contribution in [0.15, 0.2) is 76.2 Å². The Kier molecular flexibility index (Phi) is 4.47. The van der Waals surface area contributed by atoms with E-state index < -0.39 is 8.32 Å². The highest BCUT2D eigenvalue weighted by Crippen LogP contribution is 2.21. The first-order valence-corrected chi connectivity index (χ1v) is 10.4. The Bertz CT molecular complexity index is 819. The summed E-state index contributed by atoms with van der Waals surface area (Å²) < 4.78 is 5.67. The Morgan fingerprint density at radius 2 is 1.46 bits per heavy atom. The van der Waals surface area contributed by atoms with Gasteiger partial charge in [0.25, 0.3) is 0 Å². The fraction of sp³-hybridized carbons (Fsp3) is 0.200. The Labute approximate surface area is 149 Å². The van der Waals surface area contributed by atoms with E-state index in [9.17, 15) is 4.80 Å². The Balaban J connectivity index is 2.18. The second-order valence-corrected chi connectivity index (χ2v) is 10.6. The molecule has 3 aromatic rings. The van der Waals surface area contributed by atoms with E-state index in [0.29, 0.717) is 10.3 Å². The monoisotopic (exact) mass is 354 g/mol. The molecule has 2 nitrogen and oxygen atoms in total. The van der Waals surface area contributed by atoms with E-state index in [1.54, 1.807) is 12.3 Å². The van der Waals surface area contributed by atoms with Gasteiger partial charge in [0, 0.05) is 4.90 Å². The molecule has 0 saturated carbocycles. The second-order valence-electron chi connectivity index (χ2n) is 7.04. The predicted molar refractivity (Wildman–Crippen MR) is 104 cm³/mol. The molecule has 0 bridgehead atoms. The maximum atomic E-state index is 11.8. The highest BCUT2D eigenvalue weighted by atomic mass is 32.1. The molecule has 1 aromatic heterocycles. The lowest BCUT2D eigenvalue weighted by molar-refractivity contribution is 0.537. The molecule has 1 N–H and O–H groups in total. The third-order valence-electron chi connectivity index (χ3n) is 4.33. The van der Waals surface area contributed by atoms with Crippen LogP contribution < -0.4 is 15.8 Å². The number of hydrogen-bond acceptors (Lipinski definition) is 3. The lowest BCUT2D eigenvalue weighted by atomic mass is 9.87. The normalized spacial score (nSPS) is 14.4. The molecule has 0 radical (unpaired) electrons. The molecule has 24 heavy (non-hydrogen) atoms. The van der Waals surface area contributed by atoms with Crippen molar-refractivity contribution in [2.24, 2.45) is 0 Å². The maximum Gasteiger partial charge on any atom is 0.325 e. The van der Waals surface area contributed by atoms with Crippen molar-refractivity contribution in [2.75, 3.05) is 0 Å². The van der Waals surface area contributed by atoms with Gasteiger partial charge in [-0.3, -0.25) is 0 Å². The van der Waals surface area contributed by atoms with Gasteiger partial charge in [-0.05, 0) is 27.4 Å². The first-order valence-electron chi connectivity index (χ1n) is 7.99. The molecule has 0 amide bonds. The smallest absolute Gasteiger partial charge is 0.325 e. The number of thiol groups is 1. The van der Waals surface area contributed by atoms with Crippen molar-refractivity contribution in [3.05, 3.63) is 72.5 Å². The summed E-state index contributed by atoms with van der Waals surface area (Å²) in [5, 5.41) is 2.35. The first-order chi connectivity index (χ1) is 11.3. The fourth-order valence-corrected chi connectivity index (χ4v) is 6.37. The van der Waals surface area contributed by atoms with Crippen LogP contribution >= 0.6 is 12.6 Å². The zero-order valence-electron chi connectivity index (χ0n) is 14.2. The van der Waals surface area contributed by atoms with E-state index in [0.717, 1.165) is 10.4 Å². The summed E-state index contributed by atoms with van der Waals surface area (Å²) in [6.45, 7) is 6.55. The topological polar surface area (TPSA) is 33.4 Å². The minimum Gasteiger partial charge on any atom is -0.469 e. The average Bonchev–Trinajstić information content (AvgIpc) is 3.01. The van der Waals surface area contributed by atoms with Crippen molar-refractivity contribution in [1.29, 1.82) is 0 Å². The average molecular weight is 355 g/mol. The zero-order valence-corrected chi connectivity index (χ0v) is 16.0. The van der Waals surface area contributed by atoms with Gasteiger partial charge in [-0.1, -0.05) is 75.4 Å². The van der Waals surface area contributed by atoms with Crippen LogP contribution in [-0.2, 0) is 5.41 Å². The van der Waals surface area contributed by atoms with E-state index in [1.807, 2.05) is 42.5 Å². The van der Waals surface area contributed by atoms with E-state index in [1.165, 1.54) is 5.56 Å². The molecule has 0 saturated heterocycles. The molecule has 1 heterocycles. The van der Waals surface area contributed by atoms with Crippen molar-refractivity contribution in [3.8, 4) is 0 Å². The molecule has 1 atom stereocenters. The number of furan rings is 1. The summed E-state index contributed by atoms with van der Waals surface area (Å²) in [6, 6.07) is 19.8. The van der Waals surface area contributed by atoms with Gasteiger partial charge in [0.05, 0.1) is 6.26 Å². The number of rotatable bonds is 3. The first kappa shape index (κ1) is 17.1. The lowest BCUT2D eigenvalue weighted by Gasteiger charge is -2.26. The lowest BCUT2D eigenvalue weighted by Crippen LogP contribution is -2.67. The van der Waals surface area contributed by atoms with Gasteiger partial charge in [0.1, 0.15) is 5.38 Å². The molecule has 0 aliphatic carbocycles. The summed E-state index contributed by atoms with van der Waals surface area (Å²) in [5.41, 5.74) is 1.31. The molecule has 2 aromatic carbocycles. The molecule has 1 unspecified atom stereocenters. The molecule has 0 aliphatic rings. The molecular weight excluding hydrogens is 332 g/mol. The maximum absolute atomic E-state index is 11.8. The minimum atomic E-state index is -3.20. The molecule has 4 heteroatoms. The largest absolute Gasteiger partial charge is 0.469 e. The van der Waals surface area contributed by atoms with Gasteiger partial charge in [-0.2, -0.15) is 0 Å². The molecular formula is C20H22O2SSi. The van der Waals surface area contributed by atoms with Crippen LogP contribution in [0.5, 0.6) is 0 Å². The van der Waals surface area contributed by atoms with Crippen LogP contribution in [0.4, 0.5) is 0 Å². The van der Waals surface area contributed by atoms with Crippen LogP contribution in [0.25, 0.3) is 0 Å². The number of benzene rings is 2. The Morgan fingerprint density at radius 1 is 0.875 bits per heavy atom. The molecule has 3 rings (SSSR count). The van der Waals surface area contributed by atoms with Crippen molar-refractivity contribution in [2.45, 2.75) is 31.1 Å². The van der Waals surface area contributed by atoms with Crippen molar-refractivity contribution in [1.82, 2.24) is 0 Å². The van der Waals surface area contributed by atoms with Crippen molar-refractivity contribution >= 4 is 36.7 Å². The molecule has 0 aliphatic heterocycles. The van der Waals surface area contributed by atoms with Gasteiger partial charge in [0.15, 0.2) is 0 Å². The SMILES string of the molecule is CC(C)(C)c1ccc([Si](O)(c2ccccc2)c2occc2S)cc1. The minimum absolute atomic E-state index is 0.0737. The molecule has 124 valence electrons. The van der Waals surface area contributed by atoms with Crippen LogP contribution in [0.3, 0.4) is 0 Å². The summed E-state index contributed by atoms with van der Waals surface area (Å²) in [4.78, 5) is 12.5. The van der Waals surface area contributed by atoms with E-state index >= 15 is 0 Å². The van der Waals surface area contributed by atoms with Gasteiger partial charge in [-0.25, -0.2) is 0 Å². The van der Waals surface area contributed by atoms with Crippen LogP contribution in [0.1, 0.15) is 26.3 Å². The van der Waals surface area contributed by atoms with Gasteiger partial charge in [0.2, 0.25) is 0 Å². The predicted octanol–water partition coefficient (Wildman–Crippen LogP) is 2.83.